The molecule has 0 aromatic heterocycles. The smallest absolute Gasteiger partial charge is 0.410 e. The maximum Gasteiger partial charge on any atom is 0.410 e. The molecule has 2 rings (SSSR count). The molecule has 2 aliphatic rings. The number of hydrogen-bond donors (Lipinski definition) is 0. The van der Waals surface area contributed by atoms with Crippen LogP contribution in [0.4, 0.5) is 4.79 Å². The lowest BCUT2D eigenvalue weighted by Gasteiger charge is -2.25. The fourth-order valence-electron chi connectivity index (χ4n) is 1.17. The van der Waals surface area contributed by atoms with Gasteiger partial charge in [0.15, 0.2) is 0 Å². The van der Waals surface area contributed by atoms with Crippen molar-refractivity contribution in [1.82, 2.24) is 4.90 Å². The van der Waals surface area contributed by atoms with E-state index in [2.05, 4.69) is 0 Å². The summed E-state index contributed by atoms with van der Waals surface area (Å²) < 4.78 is 15.1. The summed E-state index contributed by atoms with van der Waals surface area (Å²) in [6.45, 7) is 3.57. The number of hydrogen-bond acceptors (Lipinski definition) is 4. The first-order valence-corrected chi connectivity index (χ1v) is 4.47. The van der Waals surface area contributed by atoms with Gasteiger partial charge in [0, 0.05) is 13.1 Å². The Labute approximate surface area is 76.5 Å². The van der Waals surface area contributed by atoms with Crippen molar-refractivity contribution in [3.8, 4) is 0 Å². The molecule has 2 aliphatic heterocycles. The summed E-state index contributed by atoms with van der Waals surface area (Å²) in [4.78, 5) is 13.0. The number of carbonyl (C=O) groups is 1. The van der Waals surface area contributed by atoms with E-state index in [1.165, 1.54) is 0 Å². The van der Waals surface area contributed by atoms with Gasteiger partial charge in [0.2, 0.25) is 0 Å². The third-order valence-electron chi connectivity index (χ3n) is 2.06. The fraction of sp³-hybridized carbons (Fsp3) is 0.875. The van der Waals surface area contributed by atoms with Crippen molar-refractivity contribution in [2.45, 2.75) is 6.10 Å². The first-order valence-electron chi connectivity index (χ1n) is 4.47. The molecule has 5 heteroatoms. The third-order valence-corrected chi connectivity index (χ3v) is 2.06. The van der Waals surface area contributed by atoms with Gasteiger partial charge in [-0.05, 0) is 0 Å². The zero-order valence-corrected chi connectivity index (χ0v) is 7.40. The topological polar surface area (TPSA) is 51.3 Å². The summed E-state index contributed by atoms with van der Waals surface area (Å²) in [6.07, 6.45) is -0.108. The molecule has 0 radical (unpaired) electrons. The minimum Gasteiger partial charge on any atom is -0.447 e. The molecule has 0 spiro atoms. The Balaban J connectivity index is 1.67. The Morgan fingerprint density at radius 2 is 2.15 bits per heavy atom. The second kappa shape index (κ2) is 3.93. The lowest BCUT2D eigenvalue weighted by molar-refractivity contribution is 0.0255. The molecule has 0 saturated carbocycles. The molecule has 1 unspecified atom stereocenters. The van der Waals surface area contributed by atoms with Gasteiger partial charge in [0.25, 0.3) is 0 Å². The van der Waals surface area contributed by atoms with E-state index in [0.29, 0.717) is 32.9 Å². The maximum absolute atomic E-state index is 11.3. The summed E-state index contributed by atoms with van der Waals surface area (Å²) in [5.74, 6) is 0. The predicted octanol–water partition coefficient (Wildman–Crippen LogP) is -0.146. The lowest BCUT2D eigenvalue weighted by atomic mass is 10.4. The molecule has 1 amide bonds. The van der Waals surface area contributed by atoms with Gasteiger partial charge < -0.3 is 19.1 Å². The van der Waals surface area contributed by atoms with Crippen molar-refractivity contribution in [3.63, 3.8) is 0 Å². The van der Waals surface area contributed by atoms with Gasteiger partial charge in [-0.1, -0.05) is 0 Å². The number of amides is 1. The monoisotopic (exact) mass is 187 g/mol. The molecule has 0 N–H and O–H groups in total. The van der Waals surface area contributed by atoms with Crippen LogP contribution in [-0.4, -0.2) is 56.6 Å². The number of ether oxygens (including phenoxy) is 3. The number of morpholine rings is 1. The zero-order chi connectivity index (χ0) is 9.10. The highest BCUT2D eigenvalue weighted by atomic mass is 16.6. The van der Waals surface area contributed by atoms with Gasteiger partial charge in [0.05, 0.1) is 19.8 Å². The fourth-order valence-corrected chi connectivity index (χ4v) is 1.17. The van der Waals surface area contributed by atoms with Crippen LogP contribution in [-0.2, 0) is 14.2 Å². The van der Waals surface area contributed by atoms with Crippen LogP contribution < -0.4 is 0 Å². The summed E-state index contributed by atoms with van der Waals surface area (Å²) >= 11 is 0. The van der Waals surface area contributed by atoms with Crippen molar-refractivity contribution in [3.05, 3.63) is 0 Å². The van der Waals surface area contributed by atoms with Crippen LogP contribution in [0.1, 0.15) is 0 Å². The summed E-state index contributed by atoms with van der Waals surface area (Å²) in [6, 6.07) is 0. The average molecular weight is 187 g/mol. The predicted molar refractivity (Wildman–Crippen MR) is 43.5 cm³/mol. The largest absolute Gasteiger partial charge is 0.447 e. The Hall–Kier alpha value is -0.810. The molecular formula is C8H13NO4. The third kappa shape index (κ3) is 2.57. The Morgan fingerprint density at radius 1 is 1.46 bits per heavy atom. The number of carbonyl (C=O) groups excluding carboxylic acids is 1. The molecule has 0 aromatic carbocycles. The van der Waals surface area contributed by atoms with Gasteiger partial charge >= 0.3 is 6.09 Å². The van der Waals surface area contributed by atoms with E-state index in [0.717, 1.165) is 6.61 Å². The first-order chi connectivity index (χ1) is 6.36. The molecule has 5 nitrogen and oxygen atoms in total. The molecule has 0 aliphatic carbocycles. The van der Waals surface area contributed by atoms with Gasteiger partial charge in [0.1, 0.15) is 12.7 Å². The minimum absolute atomic E-state index is 0.144. The molecule has 0 aromatic rings. The highest BCUT2D eigenvalue weighted by Gasteiger charge is 2.26. The Morgan fingerprint density at radius 3 is 2.77 bits per heavy atom. The standard InChI is InChI=1S/C8H13NO4/c10-8(13-6-7-5-12-7)9-1-3-11-4-2-9/h7H,1-6H2. The van der Waals surface area contributed by atoms with Crippen LogP contribution in [0.15, 0.2) is 0 Å². The van der Waals surface area contributed by atoms with E-state index in [-0.39, 0.29) is 12.2 Å². The van der Waals surface area contributed by atoms with E-state index in [9.17, 15) is 4.79 Å². The molecule has 0 bridgehead atoms. The second-order valence-corrected chi connectivity index (χ2v) is 3.13. The normalized spacial score (nSPS) is 27.1. The molecule has 2 heterocycles. The van der Waals surface area contributed by atoms with Crippen LogP contribution in [0.3, 0.4) is 0 Å². The zero-order valence-electron chi connectivity index (χ0n) is 7.40. The average Bonchev–Trinajstić information content (AvgIpc) is 2.99. The van der Waals surface area contributed by atoms with E-state index < -0.39 is 0 Å². The van der Waals surface area contributed by atoms with Crippen molar-refractivity contribution in [2.75, 3.05) is 39.5 Å². The Kier molecular flexibility index (Phi) is 2.65. The van der Waals surface area contributed by atoms with Crippen LogP contribution in [0, 0.1) is 0 Å². The van der Waals surface area contributed by atoms with Crippen LogP contribution >= 0.6 is 0 Å². The Bertz CT molecular complexity index is 187. The van der Waals surface area contributed by atoms with Crippen LogP contribution in [0.2, 0.25) is 0 Å². The molecular weight excluding hydrogens is 174 g/mol. The number of epoxide rings is 1. The van der Waals surface area contributed by atoms with Gasteiger partial charge in [-0.15, -0.1) is 0 Å². The highest BCUT2D eigenvalue weighted by molar-refractivity contribution is 5.67. The van der Waals surface area contributed by atoms with E-state index in [1.54, 1.807) is 4.90 Å². The number of nitrogens with zero attached hydrogens (tertiary/aromatic N) is 1. The van der Waals surface area contributed by atoms with Crippen molar-refractivity contribution >= 4 is 6.09 Å². The van der Waals surface area contributed by atoms with Crippen molar-refractivity contribution in [2.24, 2.45) is 0 Å². The lowest BCUT2D eigenvalue weighted by Crippen LogP contribution is -2.41. The van der Waals surface area contributed by atoms with Crippen LogP contribution in [0.25, 0.3) is 0 Å². The van der Waals surface area contributed by atoms with Crippen molar-refractivity contribution < 1.29 is 19.0 Å². The molecule has 1 atom stereocenters. The molecule has 13 heavy (non-hydrogen) atoms. The first kappa shape index (κ1) is 8.77. The molecule has 2 fully saturated rings. The van der Waals surface area contributed by atoms with E-state index in [4.69, 9.17) is 14.2 Å². The van der Waals surface area contributed by atoms with Gasteiger partial charge in [-0.2, -0.15) is 0 Å². The molecule has 74 valence electrons. The van der Waals surface area contributed by atoms with Crippen LogP contribution in [0.5, 0.6) is 0 Å². The summed E-state index contributed by atoms with van der Waals surface area (Å²) in [5, 5.41) is 0. The van der Waals surface area contributed by atoms with Crippen molar-refractivity contribution in [1.29, 1.82) is 0 Å². The summed E-state index contributed by atoms with van der Waals surface area (Å²) in [5.41, 5.74) is 0. The van der Waals surface area contributed by atoms with Gasteiger partial charge in [-0.25, -0.2) is 4.79 Å². The van der Waals surface area contributed by atoms with Gasteiger partial charge in [-0.3, -0.25) is 0 Å². The maximum atomic E-state index is 11.3. The number of rotatable bonds is 2. The van der Waals surface area contributed by atoms with E-state index in [1.807, 2.05) is 0 Å². The van der Waals surface area contributed by atoms with E-state index >= 15 is 0 Å². The second-order valence-electron chi connectivity index (χ2n) is 3.13. The molecule has 2 saturated heterocycles. The minimum atomic E-state index is -0.251. The SMILES string of the molecule is O=C(OCC1CO1)N1CCOCC1. The summed E-state index contributed by atoms with van der Waals surface area (Å²) in [7, 11) is 0. The quantitative estimate of drug-likeness (QED) is 0.564. The highest BCUT2D eigenvalue weighted by Crippen LogP contribution is 2.09.